The topological polar surface area (TPSA) is 52.7 Å². The molecule has 1 aromatic carbocycles. The number of piperazine rings is 1. The number of thiophene rings is 1. The summed E-state index contributed by atoms with van der Waals surface area (Å²) in [5, 5.41) is 5.04. The lowest BCUT2D eigenvalue weighted by Crippen LogP contribution is -2.51. The first-order valence-electron chi connectivity index (χ1n) is 9.93. The molecule has 1 fully saturated rings. The van der Waals surface area contributed by atoms with Crippen molar-refractivity contribution in [2.24, 2.45) is 0 Å². The normalized spacial score (nSPS) is 15.0. The number of carbonyl (C=O) groups excluding carboxylic acids is 2. The zero-order valence-corrected chi connectivity index (χ0v) is 17.5. The Labute approximate surface area is 171 Å². The predicted molar refractivity (Wildman–Crippen MR) is 114 cm³/mol. The molecule has 6 heteroatoms. The molecule has 1 N–H and O–H groups in total. The van der Waals surface area contributed by atoms with Crippen LogP contribution in [0, 0.1) is 0 Å². The molecule has 3 rings (SSSR count). The van der Waals surface area contributed by atoms with Crippen molar-refractivity contribution in [2.45, 2.75) is 26.2 Å². The summed E-state index contributed by atoms with van der Waals surface area (Å²) < 4.78 is 0. The molecule has 0 spiro atoms. The minimum absolute atomic E-state index is 0.0561. The molecule has 150 valence electrons. The van der Waals surface area contributed by atoms with Crippen LogP contribution in [-0.4, -0.2) is 60.9 Å². The molecule has 0 bridgehead atoms. The highest BCUT2D eigenvalue weighted by molar-refractivity contribution is 7.09. The van der Waals surface area contributed by atoms with E-state index in [0.29, 0.717) is 32.1 Å². The SMILES string of the molecule is CC(C)c1ccc(C(=O)N2CCN(CC(=O)NCCc3cccs3)CC2)cc1. The van der Waals surface area contributed by atoms with Crippen LogP contribution in [0.4, 0.5) is 0 Å². The van der Waals surface area contributed by atoms with Gasteiger partial charge in [0.25, 0.3) is 5.91 Å². The van der Waals surface area contributed by atoms with Gasteiger partial charge < -0.3 is 10.2 Å². The van der Waals surface area contributed by atoms with Gasteiger partial charge in [0, 0.05) is 43.2 Å². The van der Waals surface area contributed by atoms with E-state index in [1.807, 2.05) is 35.2 Å². The third kappa shape index (κ3) is 5.66. The Hall–Kier alpha value is -2.18. The zero-order valence-electron chi connectivity index (χ0n) is 16.7. The van der Waals surface area contributed by atoms with E-state index in [2.05, 4.69) is 35.5 Å². The minimum Gasteiger partial charge on any atom is -0.355 e. The molecule has 2 heterocycles. The number of benzene rings is 1. The van der Waals surface area contributed by atoms with Gasteiger partial charge in [-0.1, -0.05) is 32.0 Å². The second kappa shape index (κ2) is 9.85. The van der Waals surface area contributed by atoms with Crippen LogP contribution >= 0.6 is 11.3 Å². The Morgan fingerprint density at radius 3 is 2.39 bits per heavy atom. The molecule has 0 saturated carbocycles. The molecule has 0 unspecified atom stereocenters. The van der Waals surface area contributed by atoms with E-state index in [1.54, 1.807) is 11.3 Å². The minimum atomic E-state index is 0.0561. The van der Waals surface area contributed by atoms with Gasteiger partial charge in [0.15, 0.2) is 0 Å². The van der Waals surface area contributed by atoms with Crippen LogP contribution in [-0.2, 0) is 11.2 Å². The summed E-state index contributed by atoms with van der Waals surface area (Å²) in [5.74, 6) is 0.597. The molecule has 1 aliphatic rings. The van der Waals surface area contributed by atoms with E-state index < -0.39 is 0 Å². The summed E-state index contributed by atoms with van der Waals surface area (Å²) in [6.45, 7) is 8.14. The molecular weight excluding hydrogens is 370 g/mol. The van der Waals surface area contributed by atoms with Crippen molar-refractivity contribution in [3.8, 4) is 0 Å². The highest BCUT2D eigenvalue weighted by Gasteiger charge is 2.23. The van der Waals surface area contributed by atoms with E-state index in [9.17, 15) is 9.59 Å². The van der Waals surface area contributed by atoms with E-state index in [-0.39, 0.29) is 11.8 Å². The highest BCUT2D eigenvalue weighted by atomic mass is 32.1. The lowest BCUT2D eigenvalue weighted by Gasteiger charge is -2.34. The summed E-state index contributed by atoms with van der Waals surface area (Å²) in [5.41, 5.74) is 1.98. The Balaban J connectivity index is 1.39. The molecule has 0 radical (unpaired) electrons. The fourth-order valence-corrected chi connectivity index (χ4v) is 4.05. The van der Waals surface area contributed by atoms with Gasteiger partial charge in [-0.15, -0.1) is 11.3 Å². The molecule has 1 aromatic heterocycles. The smallest absolute Gasteiger partial charge is 0.253 e. The predicted octanol–water partition coefficient (Wildman–Crippen LogP) is 2.99. The number of nitrogens with one attached hydrogen (secondary N) is 1. The van der Waals surface area contributed by atoms with Crippen LogP contribution in [0.5, 0.6) is 0 Å². The number of rotatable bonds is 7. The van der Waals surface area contributed by atoms with Crippen molar-refractivity contribution in [2.75, 3.05) is 39.3 Å². The quantitative estimate of drug-likeness (QED) is 0.779. The lowest BCUT2D eigenvalue weighted by atomic mass is 10.0. The molecule has 2 aromatic rings. The van der Waals surface area contributed by atoms with Crippen LogP contribution in [0.2, 0.25) is 0 Å². The van der Waals surface area contributed by atoms with E-state index in [0.717, 1.165) is 25.1 Å². The molecule has 2 amide bonds. The lowest BCUT2D eigenvalue weighted by molar-refractivity contribution is -0.122. The van der Waals surface area contributed by atoms with Crippen molar-refractivity contribution < 1.29 is 9.59 Å². The standard InChI is InChI=1S/C22H29N3O2S/c1-17(2)18-5-7-19(8-6-18)22(27)25-13-11-24(12-14-25)16-21(26)23-10-9-20-4-3-15-28-20/h3-8,15,17H,9-14,16H2,1-2H3,(H,23,26). The average molecular weight is 400 g/mol. The summed E-state index contributed by atoms with van der Waals surface area (Å²) in [4.78, 5) is 30.1. The van der Waals surface area contributed by atoms with Gasteiger partial charge in [0.2, 0.25) is 5.91 Å². The van der Waals surface area contributed by atoms with Gasteiger partial charge in [-0.2, -0.15) is 0 Å². The Bertz CT molecular complexity index is 764. The maximum Gasteiger partial charge on any atom is 0.253 e. The van der Waals surface area contributed by atoms with Gasteiger partial charge in [-0.3, -0.25) is 14.5 Å². The average Bonchev–Trinajstić information content (AvgIpc) is 3.21. The molecule has 1 saturated heterocycles. The van der Waals surface area contributed by atoms with Gasteiger partial charge in [-0.25, -0.2) is 0 Å². The van der Waals surface area contributed by atoms with Gasteiger partial charge >= 0.3 is 0 Å². The zero-order chi connectivity index (χ0) is 19.9. The third-order valence-electron chi connectivity index (χ3n) is 5.12. The van der Waals surface area contributed by atoms with Crippen LogP contribution in [0.25, 0.3) is 0 Å². The molecule has 5 nitrogen and oxygen atoms in total. The summed E-state index contributed by atoms with van der Waals surface area (Å²) in [7, 11) is 0. The first-order chi connectivity index (χ1) is 13.5. The summed E-state index contributed by atoms with van der Waals surface area (Å²) in [6.07, 6.45) is 0.876. The van der Waals surface area contributed by atoms with Gasteiger partial charge in [0.1, 0.15) is 0 Å². The summed E-state index contributed by atoms with van der Waals surface area (Å²) in [6, 6.07) is 12.0. The second-order valence-electron chi connectivity index (χ2n) is 7.52. The van der Waals surface area contributed by atoms with Crippen LogP contribution in [0.1, 0.15) is 40.6 Å². The summed E-state index contributed by atoms with van der Waals surface area (Å²) >= 11 is 1.71. The Morgan fingerprint density at radius 2 is 1.79 bits per heavy atom. The first-order valence-corrected chi connectivity index (χ1v) is 10.8. The molecule has 0 atom stereocenters. The van der Waals surface area contributed by atoms with Gasteiger partial charge in [0.05, 0.1) is 6.54 Å². The van der Waals surface area contributed by atoms with Crippen molar-refractivity contribution in [1.82, 2.24) is 15.1 Å². The largest absolute Gasteiger partial charge is 0.355 e. The maximum absolute atomic E-state index is 12.7. The monoisotopic (exact) mass is 399 g/mol. The molecule has 1 aliphatic heterocycles. The number of hydrogen-bond donors (Lipinski definition) is 1. The molecule has 0 aliphatic carbocycles. The van der Waals surface area contributed by atoms with Crippen molar-refractivity contribution >= 4 is 23.2 Å². The van der Waals surface area contributed by atoms with Crippen molar-refractivity contribution in [3.05, 3.63) is 57.8 Å². The first kappa shape index (κ1) is 20.6. The Kier molecular flexibility index (Phi) is 7.23. The maximum atomic E-state index is 12.7. The number of carbonyl (C=O) groups is 2. The van der Waals surface area contributed by atoms with E-state index in [1.165, 1.54) is 10.4 Å². The fraction of sp³-hybridized carbons (Fsp3) is 0.455. The third-order valence-corrected chi connectivity index (χ3v) is 6.06. The highest BCUT2D eigenvalue weighted by Crippen LogP contribution is 2.16. The van der Waals surface area contributed by atoms with Gasteiger partial charge in [-0.05, 0) is 41.5 Å². The van der Waals surface area contributed by atoms with Crippen LogP contribution in [0.3, 0.4) is 0 Å². The van der Waals surface area contributed by atoms with E-state index >= 15 is 0 Å². The van der Waals surface area contributed by atoms with E-state index in [4.69, 9.17) is 0 Å². The Morgan fingerprint density at radius 1 is 1.07 bits per heavy atom. The second-order valence-corrected chi connectivity index (χ2v) is 8.56. The van der Waals surface area contributed by atoms with Crippen molar-refractivity contribution in [1.29, 1.82) is 0 Å². The molecule has 28 heavy (non-hydrogen) atoms. The van der Waals surface area contributed by atoms with Crippen LogP contribution < -0.4 is 5.32 Å². The fourth-order valence-electron chi connectivity index (χ4n) is 3.34. The molecular formula is C22H29N3O2S. The van der Waals surface area contributed by atoms with Crippen LogP contribution in [0.15, 0.2) is 41.8 Å². The van der Waals surface area contributed by atoms with Crippen molar-refractivity contribution in [3.63, 3.8) is 0 Å². The number of amides is 2. The number of hydrogen-bond acceptors (Lipinski definition) is 4. The number of nitrogens with zero attached hydrogens (tertiary/aromatic N) is 2.